The number of amides is 1. The molecule has 0 bridgehead atoms. The first-order valence-corrected chi connectivity index (χ1v) is 5.34. The summed E-state index contributed by atoms with van der Waals surface area (Å²) in [5.41, 5.74) is 4.79. The van der Waals surface area contributed by atoms with Gasteiger partial charge in [0.25, 0.3) is 0 Å². The highest BCUT2D eigenvalue weighted by molar-refractivity contribution is 5.88. The molecule has 1 aliphatic heterocycles. The SMILES string of the molecule is C[C@@H](O)[C@H](NC(=O)C1(C)COCC1N)C(=O)O. The third-order valence-corrected chi connectivity index (χ3v) is 3.07. The van der Waals surface area contributed by atoms with Crippen molar-refractivity contribution in [2.45, 2.75) is 32.0 Å². The van der Waals surface area contributed by atoms with Crippen LogP contribution in [0.5, 0.6) is 0 Å². The number of hydrogen-bond donors (Lipinski definition) is 4. The maximum absolute atomic E-state index is 12.0. The molecule has 98 valence electrons. The van der Waals surface area contributed by atoms with Gasteiger partial charge in [-0.25, -0.2) is 4.79 Å². The Morgan fingerprint density at radius 1 is 1.59 bits per heavy atom. The summed E-state index contributed by atoms with van der Waals surface area (Å²) in [5, 5.41) is 20.4. The molecule has 1 heterocycles. The van der Waals surface area contributed by atoms with Gasteiger partial charge >= 0.3 is 5.97 Å². The average molecular weight is 246 g/mol. The van der Waals surface area contributed by atoms with E-state index in [-0.39, 0.29) is 13.2 Å². The largest absolute Gasteiger partial charge is 0.480 e. The first-order valence-electron chi connectivity index (χ1n) is 5.34. The summed E-state index contributed by atoms with van der Waals surface area (Å²) < 4.78 is 5.10. The van der Waals surface area contributed by atoms with Gasteiger partial charge in [-0.3, -0.25) is 4.79 Å². The Kier molecular flexibility index (Phi) is 4.07. The van der Waals surface area contributed by atoms with E-state index in [9.17, 15) is 14.7 Å². The number of rotatable bonds is 4. The number of aliphatic hydroxyl groups excluding tert-OH is 1. The number of nitrogens with two attached hydrogens (primary N) is 1. The van der Waals surface area contributed by atoms with Crippen molar-refractivity contribution < 1.29 is 24.5 Å². The van der Waals surface area contributed by atoms with Crippen molar-refractivity contribution in [3.63, 3.8) is 0 Å². The first-order chi connectivity index (χ1) is 7.79. The van der Waals surface area contributed by atoms with Gasteiger partial charge in [0, 0.05) is 6.04 Å². The zero-order chi connectivity index (χ0) is 13.2. The second-order valence-corrected chi connectivity index (χ2v) is 4.57. The van der Waals surface area contributed by atoms with Crippen molar-refractivity contribution in [1.29, 1.82) is 0 Å². The summed E-state index contributed by atoms with van der Waals surface area (Å²) in [6, 6.07) is -1.82. The third-order valence-electron chi connectivity index (χ3n) is 3.07. The van der Waals surface area contributed by atoms with Crippen molar-refractivity contribution >= 4 is 11.9 Å². The maximum atomic E-state index is 12.0. The van der Waals surface area contributed by atoms with E-state index in [1.807, 2.05) is 0 Å². The van der Waals surface area contributed by atoms with Crippen LogP contribution in [-0.2, 0) is 14.3 Å². The molecule has 17 heavy (non-hydrogen) atoms. The molecule has 1 saturated heterocycles. The lowest BCUT2D eigenvalue weighted by Crippen LogP contribution is -2.56. The molecule has 1 fully saturated rings. The minimum absolute atomic E-state index is 0.145. The highest BCUT2D eigenvalue weighted by Crippen LogP contribution is 2.27. The van der Waals surface area contributed by atoms with Gasteiger partial charge in [0.05, 0.1) is 24.7 Å². The van der Waals surface area contributed by atoms with E-state index in [2.05, 4.69) is 5.32 Å². The fraction of sp³-hybridized carbons (Fsp3) is 0.800. The van der Waals surface area contributed by atoms with E-state index in [4.69, 9.17) is 15.6 Å². The summed E-state index contributed by atoms with van der Waals surface area (Å²) in [6.07, 6.45) is -1.18. The van der Waals surface area contributed by atoms with E-state index < -0.39 is 35.5 Å². The second kappa shape index (κ2) is 4.99. The number of ether oxygens (including phenoxy) is 1. The van der Waals surface area contributed by atoms with Crippen LogP contribution in [-0.4, -0.2) is 53.5 Å². The minimum Gasteiger partial charge on any atom is -0.480 e. The molecule has 1 amide bonds. The summed E-state index contributed by atoms with van der Waals surface area (Å²) in [4.78, 5) is 22.8. The smallest absolute Gasteiger partial charge is 0.328 e. The van der Waals surface area contributed by atoms with Gasteiger partial charge in [0.1, 0.15) is 0 Å². The van der Waals surface area contributed by atoms with Crippen molar-refractivity contribution in [2.75, 3.05) is 13.2 Å². The predicted molar refractivity (Wildman–Crippen MR) is 58.1 cm³/mol. The lowest BCUT2D eigenvalue weighted by molar-refractivity contribution is -0.146. The third kappa shape index (κ3) is 2.74. The van der Waals surface area contributed by atoms with E-state index >= 15 is 0 Å². The zero-order valence-electron chi connectivity index (χ0n) is 9.84. The lowest BCUT2D eigenvalue weighted by Gasteiger charge is -2.28. The molecule has 2 unspecified atom stereocenters. The fourth-order valence-electron chi connectivity index (χ4n) is 1.62. The van der Waals surface area contributed by atoms with Gasteiger partial charge in [0.2, 0.25) is 5.91 Å². The van der Waals surface area contributed by atoms with Gasteiger partial charge in [0.15, 0.2) is 6.04 Å². The van der Waals surface area contributed by atoms with E-state index in [0.29, 0.717) is 0 Å². The average Bonchev–Trinajstić information content (AvgIpc) is 2.55. The Morgan fingerprint density at radius 2 is 2.18 bits per heavy atom. The van der Waals surface area contributed by atoms with Crippen LogP contribution in [0, 0.1) is 5.41 Å². The second-order valence-electron chi connectivity index (χ2n) is 4.57. The Hall–Kier alpha value is -1.18. The molecule has 0 aliphatic carbocycles. The molecule has 5 N–H and O–H groups in total. The summed E-state index contributed by atoms with van der Waals surface area (Å²) in [7, 11) is 0. The molecule has 1 rings (SSSR count). The summed E-state index contributed by atoms with van der Waals surface area (Å²) in [5.74, 6) is -1.81. The molecule has 7 nitrogen and oxygen atoms in total. The Morgan fingerprint density at radius 3 is 2.53 bits per heavy atom. The summed E-state index contributed by atoms with van der Waals surface area (Å²) in [6.45, 7) is 3.32. The van der Waals surface area contributed by atoms with Crippen LogP contribution in [0.15, 0.2) is 0 Å². The van der Waals surface area contributed by atoms with Crippen LogP contribution in [0.3, 0.4) is 0 Å². The predicted octanol–water partition coefficient (Wildman–Crippen LogP) is -1.70. The van der Waals surface area contributed by atoms with Crippen LogP contribution < -0.4 is 11.1 Å². The number of aliphatic hydroxyl groups is 1. The van der Waals surface area contributed by atoms with E-state index in [1.54, 1.807) is 6.92 Å². The number of hydrogen-bond acceptors (Lipinski definition) is 5. The molecular formula is C10H18N2O5. The van der Waals surface area contributed by atoms with Gasteiger partial charge < -0.3 is 26.0 Å². The van der Waals surface area contributed by atoms with Crippen LogP contribution in [0.25, 0.3) is 0 Å². The van der Waals surface area contributed by atoms with Gasteiger partial charge in [-0.2, -0.15) is 0 Å². The fourth-order valence-corrected chi connectivity index (χ4v) is 1.62. The quantitative estimate of drug-likeness (QED) is 0.469. The zero-order valence-corrected chi connectivity index (χ0v) is 9.84. The van der Waals surface area contributed by atoms with E-state index in [1.165, 1.54) is 6.92 Å². The summed E-state index contributed by atoms with van der Waals surface area (Å²) >= 11 is 0. The monoisotopic (exact) mass is 246 g/mol. The first kappa shape index (κ1) is 13.9. The molecule has 0 aromatic rings. The number of nitrogens with one attached hydrogen (secondary N) is 1. The molecule has 1 aliphatic rings. The van der Waals surface area contributed by atoms with Crippen molar-refractivity contribution in [1.82, 2.24) is 5.32 Å². The van der Waals surface area contributed by atoms with Crippen molar-refractivity contribution in [3.8, 4) is 0 Å². The van der Waals surface area contributed by atoms with E-state index in [0.717, 1.165) is 0 Å². The molecule has 0 aromatic heterocycles. The van der Waals surface area contributed by atoms with Crippen molar-refractivity contribution in [3.05, 3.63) is 0 Å². The molecule has 0 spiro atoms. The Bertz CT molecular complexity index is 320. The van der Waals surface area contributed by atoms with Crippen LogP contribution in [0.2, 0.25) is 0 Å². The normalized spacial score (nSPS) is 31.9. The molecular weight excluding hydrogens is 228 g/mol. The van der Waals surface area contributed by atoms with Crippen LogP contribution in [0.1, 0.15) is 13.8 Å². The number of carbonyl (C=O) groups excluding carboxylic acids is 1. The molecule has 4 atom stereocenters. The Labute approximate surface area is 98.9 Å². The van der Waals surface area contributed by atoms with Crippen molar-refractivity contribution in [2.24, 2.45) is 11.1 Å². The molecule has 0 radical (unpaired) electrons. The molecule has 0 aromatic carbocycles. The highest BCUT2D eigenvalue weighted by atomic mass is 16.5. The Balaban J connectivity index is 2.74. The number of carboxylic acids is 1. The van der Waals surface area contributed by atoms with Gasteiger partial charge in [-0.1, -0.05) is 0 Å². The molecule has 0 saturated carbocycles. The molecule has 7 heteroatoms. The van der Waals surface area contributed by atoms with Crippen LogP contribution >= 0.6 is 0 Å². The number of carbonyl (C=O) groups is 2. The topological polar surface area (TPSA) is 122 Å². The number of aliphatic carboxylic acids is 1. The standard InChI is InChI=1S/C10H18N2O5/c1-5(13)7(8(14)15)12-9(16)10(2)4-17-3-6(10)11/h5-7,13H,3-4,11H2,1-2H3,(H,12,16)(H,14,15)/t5-,6?,7+,10?/m1/s1. The minimum atomic E-state index is -1.34. The highest BCUT2D eigenvalue weighted by Gasteiger charge is 2.45. The lowest BCUT2D eigenvalue weighted by atomic mass is 9.84. The van der Waals surface area contributed by atoms with Gasteiger partial charge in [-0.15, -0.1) is 0 Å². The van der Waals surface area contributed by atoms with Crippen LogP contribution in [0.4, 0.5) is 0 Å². The van der Waals surface area contributed by atoms with Gasteiger partial charge in [-0.05, 0) is 13.8 Å². The number of carboxylic acid groups (broad SMARTS) is 1. The maximum Gasteiger partial charge on any atom is 0.328 e.